The lowest BCUT2D eigenvalue weighted by atomic mass is 9.93. The highest BCUT2D eigenvalue weighted by molar-refractivity contribution is 5.91. The quantitative estimate of drug-likeness (QED) is 0.846. The summed E-state index contributed by atoms with van der Waals surface area (Å²) < 4.78 is 13.1. The number of likely N-dealkylation sites (tertiary alicyclic amines) is 1. The number of benzene rings is 1. The Kier molecular flexibility index (Phi) is 6.34. The van der Waals surface area contributed by atoms with Crippen molar-refractivity contribution in [3.8, 4) is 0 Å². The van der Waals surface area contributed by atoms with E-state index in [0.29, 0.717) is 18.0 Å². The number of aromatic nitrogens is 1. The monoisotopic (exact) mass is 355 g/mol. The van der Waals surface area contributed by atoms with Gasteiger partial charge in [-0.25, -0.2) is 4.39 Å². The van der Waals surface area contributed by atoms with Gasteiger partial charge in [0.2, 0.25) is 5.91 Å². The van der Waals surface area contributed by atoms with Crippen LogP contribution in [0.3, 0.4) is 0 Å². The van der Waals surface area contributed by atoms with Gasteiger partial charge >= 0.3 is 0 Å². The van der Waals surface area contributed by atoms with Crippen molar-refractivity contribution in [2.45, 2.75) is 39.2 Å². The minimum atomic E-state index is -0.281. The standard InChI is InChI=1S/C21H26FN3O/c1-16-12-19(22)7-8-20(16)24-21(26)9-6-17-5-3-11-25(14-17)15-18-4-2-10-23-13-18/h2,4,7-8,10,12-13,17H,3,5-6,9,11,14-15H2,1H3,(H,24,26)/t17-/m0/s1. The number of piperidine rings is 1. The molecule has 1 atom stereocenters. The summed E-state index contributed by atoms with van der Waals surface area (Å²) in [5.74, 6) is 0.265. The van der Waals surface area contributed by atoms with E-state index in [4.69, 9.17) is 0 Å². The Morgan fingerprint density at radius 3 is 3.04 bits per heavy atom. The largest absolute Gasteiger partial charge is 0.326 e. The van der Waals surface area contributed by atoms with Crippen molar-refractivity contribution >= 4 is 11.6 Å². The van der Waals surface area contributed by atoms with Crippen molar-refractivity contribution in [3.63, 3.8) is 0 Å². The number of carbonyl (C=O) groups is 1. The fraction of sp³-hybridized carbons (Fsp3) is 0.429. The van der Waals surface area contributed by atoms with Crippen LogP contribution in [0.4, 0.5) is 10.1 Å². The molecule has 3 rings (SSSR count). The van der Waals surface area contributed by atoms with Crippen LogP contribution in [0.15, 0.2) is 42.7 Å². The van der Waals surface area contributed by atoms with Gasteiger partial charge in [-0.05, 0) is 74.0 Å². The van der Waals surface area contributed by atoms with Crippen LogP contribution in [-0.2, 0) is 11.3 Å². The predicted molar refractivity (Wildman–Crippen MR) is 101 cm³/mol. The average Bonchev–Trinajstić information content (AvgIpc) is 2.64. The third kappa shape index (κ3) is 5.36. The van der Waals surface area contributed by atoms with E-state index in [2.05, 4.69) is 21.3 Å². The zero-order valence-corrected chi connectivity index (χ0v) is 15.2. The maximum Gasteiger partial charge on any atom is 0.224 e. The van der Waals surface area contributed by atoms with Gasteiger partial charge in [0.1, 0.15) is 5.82 Å². The van der Waals surface area contributed by atoms with Gasteiger partial charge in [-0.3, -0.25) is 14.7 Å². The highest BCUT2D eigenvalue weighted by Crippen LogP contribution is 2.23. The van der Waals surface area contributed by atoms with Crippen LogP contribution in [0.1, 0.15) is 36.8 Å². The summed E-state index contributed by atoms with van der Waals surface area (Å²) in [6.07, 6.45) is 7.44. The number of anilines is 1. The van der Waals surface area contributed by atoms with Gasteiger partial charge in [0, 0.05) is 37.6 Å². The van der Waals surface area contributed by atoms with E-state index >= 15 is 0 Å². The van der Waals surface area contributed by atoms with E-state index in [0.717, 1.165) is 31.6 Å². The summed E-state index contributed by atoms with van der Waals surface area (Å²) in [6.45, 7) is 4.85. The lowest BCUT2D eigenvalue weighted by molar-refractivity contribution is -0.116. The summed E-state index contributed by atoms with van der Waals surface area (Å²) in [5, 5.41) is 2.90. The number of nitrogens with one attached hydrogen (secondary N) is 1. The van der Waals surface area contributed by atoms with E-state index in [9.17, 15) is 9.18 Å². The molecule has 2 aromatic rings. The van der Waals surface area contributed by atoms with Gasteiger partial charge in [0.15, 0.2) is 0 Å². The van der Waals surface area contributed by atoms with Crippen molar-refractivity contribution in [1.82, 2.24) is 9.88 Å². The number of nitrogens with zero attached hydrogens (tertiary/aromatic N) is 2. The van der Waals surface area contributed by atoms with Crippen LogP contribution < -0.4 is 5.32 Å². The normalized spacial score (nSPS) is 17.8. The molecule has 0 bridgehead atoms. The molecule has 1 aromatic heterocycles. The second kappa shape index (κ2) is 8.90. The molecule has 1 amide bonds. The lowest BCUT2D eigenvalue weighted by Crippen LogP contribution is -2.35. The number of pyridine rings is 1. The first-order valence-corrected chi connectivity index (χ1v) is 9.27. The summed E-state index contributed by atoms with van der Waals surface area (Å²) in [5.41, 5.74) is 2.68. The van der Waals surface area contributed by atoms with Gasteiger partial charge in [0.25, 0.3) is 0 Å². The van der Waals surface area contributed by atoms with Crippen molar-refractivity contribution in [2.75, 3.05) is 18.4 Å². The zero-order chi connectivity index (χ0) is 18.4. The molecule has 4 nitrogen and oxygen atoms in total. The molecule has 0 unspecified atom stereocenters. The van der Waals surface area contributed by atoms with Crippen LogP contribution in [-0.4, -0.2) is 28.9 Å². The van der Waals surface area contributed by atoms with Gasteiger partial charge in [-0.2, -0.15) is 0 Å². The topological polar surface area (TPSA) is 45.2 Å². The Hall–Kier alpha value is -2.27. The Bertz CT molecular complexity index is 735. The summed E-state index contributed by atoms with van der Waals surface area (Å²) in [4.78, 5) is 18.9. The summed E-state index contributed by atoms with van der Waals surface area (Å²) in [7, 11) is 0. The van der Waals surface area contributed by atoms with Crippen LogP contribution in [0, 0.1) is 18.7 Å². The van der Waals surface area contributed by atoms with Crippen LogP contribution in [0.25, 0.3) is 0 Å². The molecule has 1 saturated heterocycles. The third-order valence-corrected chi connectivity index (χ3v) is 4.97. The van der Waals surface area contributed by atoms with Crippen LogP contribution in [0.2, 0.25) is 0 Å². The molecule has 0 saturated carbocycles. The maximum atomic E-state index is 13.1. The molecule has 1 aliphatic rings. The molecular weight excluding hydrogens is 329 g/mol. The predicted octanol–water partition coefficient (Wildman–Crippen LogP) is 4.16. The minimum absolute atomic E-state index is 0.00379. The Morgan fingerprint density at radius 2 is 2.27 bits per heavy atom. The molecule has 1 fully saturated rings. The average molecular weight is 355 g/mol. The van der Waals surface area contributed by atoms with E-state index in [1.807, 2.05) is 12.3 Å². The number of carbonyl (C=O) groups excluding carboxylic acids is 1. The Morgan fingerprint density at radius 1 is 1.38 bits per heavy atom. The third-order valence-electron chi connectivity index (χ3n) is 4.97. The second-order valence-corrected chi connectivity index (χ2v) is 7.15. The first-order valence-electron chi connectivity index (χ1n) is 9.27. The molecule has 1 aliphatic heterocycles. The smallest absolute Gasteiger partial charge is 0.224 e. The summed E-state index contributed by atoms with van der Waals surface area (Å²) in [6, 6.07) is 8.51. The first-order chi connectivity index (χ1) is 12.6. The number of rotatable bonds is 6. The van der Waals surface area contributed by atoms with E-state index in [1.54, 1.807) is 19.2 Å². The van der Waals surface area contributed by atoms with Gasteiger partial charge in [-0.15, -0.1) is 0 Å². The van der Waals surface area contributed by atoms with Gasteiger partial charge < -0.3 is 5.32 Å². The van der Waals surface area contributed by atoms with Crippen LogP contribution in [0.5, 0.6) is 0 Å². The van der Waals surface area contributed by atoms with Crippen molar-refractivity contribution in [1.29, 1.82) is 0 Å². The second-order valence-electron chi connectivity index (χ2n) is 7.15. The molecule has 26 heavy (non-hydrogen) atoms. The molecule has 1 aromatic carbocycles. The highest BCUT2D eigenvalue weighted by Gasteiger charge is 2.21. The molecule has 138 valence electrons. The van der Waals surface area contributed by atoms with Gasteiger partial charge in [0.05, 0.1) is 0 Å². The van der Waals surface area contributed by atoms with E-state index < -0.39 is 0 Å². The fourth-order valence-corrected chi connectivity index (χ4v) is 3.60. The molecule has 0 spiro atoms. The fourth-order valence-electron chi connectivity index (χ4n) is 3.60. The summed E-state index contributed by atoms with van der Waals surface area (Å²) >= 11 is 0. The zero-order valence-electron chi connectivity index (χ0n) is 15.2. The van der Waals surface area contributed by atoms with Crippen molar-refractivity contribution in [3.05, 3.63) is 59.7 Å². The molecule has 0 aliphatic carbocycles. The van der Waals surface area contributed by atoms with E-state index in [-0.39, 0.29) is 11.7 Å². The molecule has 2 heterocycles. The number of halogens is 1. The number of amides is 1. The minimum Gasteiger partial charge on any atom is -0.326 e. The highest BCUT2D eigenvalue weighted by atomic mass is 19.1. The van der Waals surface area contributed by atoms with Crippen LogP contribution >= 0.6 is 0 Å². The lowest BCUT2D eigenvalue weighted by Gasteiger charge is -2.32. The molecule has 0 radical (unpaired) electrons. The maximum absolute atomic E-state index is 13.1. The number of hydrogen-bond acceptors (Lipinski definition) is 3. The van der Waals surface area contributed by atoms with Gasteiger partial charge in [-0.1, -0.05) is 6.07 Å². The molecular formula is C21H26FN3O. The van der Waals surface area contributed by atoms with E-state index in [1.165, 1.54) is 30.5 Å². The van der Waals surface area contributed by atoms with Crippen molar-refractivity contribution < 1.29 is 9.18 Å². The number of hydrogen-bond donors (Lipinski definition) is 1. The SMILES string of the molecule is Cc1cc(F)ccc1NC(=O)CC[C@@H]1CCCN(Cc2cccnc2)C1. The first kappa shape index (κ1) is 18.5. The Balaban J connectivity index is 1.45. The molecule has 1 N–H and O–H groups in total. The molecule has 5 heteroatoms. The number of aryl methyl sites for hydroxylation is 1. The van der Waals surface area contributed by atoms with Crippen molar-refractivity contribution in [2.24, 2.45) is 5.92 Å². The Labute approximate surface area is 154 Å².